The lowest BCUT2D eigenvalue weighted by Crippen LogP contribution is -2.38. The molecule has 1 saturated heterocycles. The van der Waals surface area contributed by atoms with Crippen molar-refractivity contribution in [2.24, 2.45) is 0 Å². The molecular weight excluding hydrogens is 190 g/mol. The van der Waals surface area contributed by atoms with Gasteiger partial charge in [-0.05, 0) is 26.2 Å². The second-order valence-electron chi connectivity index (χ2n) is 4.49. The maximum atomic E-state index is 5.71. The summed E-state index contributed by atoms with van der Waals surface area (Å²) in [6, 6.07) is 0.460. The van der Waals surface area contributed by atoms with Gasteiger partial charge in [-0.3, -0.25) is 0 Å². The van der Waals surface area contributed by atoms with Crippen molar-refractivity contribution in [2.45, 2.75) is 44.9 Å². The van der Waals surface area contributed by atoms with Crippen molar-refractivity contribution in [3.05, 3.63) is 11.9 Å². The van der Waals surface area contributed by atoms with E-state index in [9.17, 15) is 0 Å². The fourth-order valence-electron chi connectivity index (χ4n) is 2.55. The zero-order valence-electron chi connectivity index (χ0n) is 9.07. The van der Waals surface area contributed by atoms with Crippen LogP contribution in [-0.4, -0.2) is 28.3 Å². The summed E-state index contributed by atoms with van der Waals surface area (Å²) in [5, 5.41) is 3.49. The quantitative estimate of drug-likeness (QED) is 0.759. The second kappa shape index (κ2) is 3.52. The number of aryl methyl sites for hydroxylation is 2. The summed E-state index contributed by atoms with van der Waals surface area (Å²) in [4.78, 5) is 4.47. The van der Waals surface area contributed by atoms with Crippen LogP contribution in [0.25, 0.3) is 0 Å². The van der Waals surface area contributed by atoms with Crippen LogP contribution in [0, 0.1) is 6.92 Å². The van der Waals surface area contributed by atoms with Gasteiger partial charge in [0, 0.05) is 19.3 Å². The van der Waals surface area contributed by atoms with Crippen LogP contribution < -0.4 is 5.32 Å². The van der Waals surface area contributed by atoms with Crippen molar-refractivity contribution in [3.8, 4) is 0 Å². The van der Waals surface area contributed by atoms with Gasteiger partial charge in [0.25, 0.3) is 0 Å². The Labute approximate surface area is 89.6 Å². The van der Waals surface area contributed by atoms with Gasteiger partial charge in [0.2, 0.25) is 5.95 Å². The van der Waals surface area contributed by atoms with E-state index in [-0.39, 0.29) is 0 Å². The molecule has 0 aromatic carbocycles. The molecule has 1 aromatic rings. The normalized spacial score (nSPS) is 29.9. The van der Waals surface area contributed by atoms with Crippen LogP contribution >= 0.6 is 0 Å². The van der Waals surface area contributed by atoms with E-state index in [4.69, 9.17) is 4.74 Å². The van der Waals surface area contributed by atoms with Gasteiger partial charge < -0.3 is 14.6 Å². The molecule has 15 heavy (non-hydrogen) atoms. The Morgan fingerprint density at radius 2 is 2.47 bits per heavy atom. The van der Waals surface area contributed by atoms with Crippen LogP contribution in [0.2, 0.25) is 0 Å². The molecule has 1 aromatic heterocycles. The van der Waals surface area contributed by atoms with E-state index in [1.54, 1.807) is 0 Å². The van der Waals surface area contributed by atoms with E-state index >= 15 is 0 Å². The van der Waals surface area contributed by atoms with Crippen molar-refractivity contribution in [2.75, 3.05) is 11.9 Å². The molecular formula is C11H17N3O. The molecule has 3 heterocycles. The average molecular weight is 207 g/mol. The summed E-state index contributed by atoms with van der Waals surface area (Å²) >= 11 is 0. The monoisotopic (exact) mass is 207 g/mol. The summed E-state index contributed by atoms with van der Waals surface area (Å²) in [5.41, 5.74) is 1.09. The van der Waals surface area contributed by atoms with Gasteiger partial charge in [-0.25, -0.2) is 4.98 Å². The zero-order valence-corrected chi connectivity index (χ0v) is 9.07. The third-order valence-electron chi connectivity index (χ3n) is 3.31. The van der Waals surface area contributed by atoms with E-state index in [0.29, 0.717) is 12.1 Å². The standard InChI is InChI=1S/C11H17N3O/c1-8-7-14-5-4-9(13-11(14)12-8)10-3-2-6-15-10/h7,9-10H,2-6H2,1H3,(H,12,13). The van der Waals surface area contributed by atoms with Crippen molar-refractivity contribution in [1.82, 2.24) is 9.55 Å². The first-order valence-electron chi connectivity index (χ1n) is 5.75. The molecule has 2 atom stereocenters. The number of hydrogen-bond donors (Lipinski definition) is 1. The Morgan fingerprint density at radius 1 is 1.53 bits per heavy atom. The van der Waals surface area contributed by atoms with E-state index in [0.717, 1.165) is 31.2 Å². The molecule has 0 saturated carbocycles. The Balaban J connectivity index is 1.76. The minimum absolute atomic E-state index is 0.399. The highest BCUT2D eigenvalue weighted by Crippen LogP contribution is 2.25. The Hall–Kier alpha value is -1.03. The number of nitrogens with zero attached hydrogens (tertiary/aromatic N) is 2. The third kappa shape index (κ3) is 1.63. The second-order valence-corrected chi connectivity index (χ2v) is 4.49. The number of imidazole rings is 1. The highest BCUT2D eigenvalue weighted by atomic mass is 16.5. The smallest absolute Gasteiger partial charge is 0.203 e. The SMILES string of the molecule is Cc1cn2c(n1)NC(C1CCCO1)CC2. The maximum absolute atomic E-state index is 5.71. The molecule has 4 heteroatoms. The lowest BCUT2D eigenvalue weighted by atomic mass is 10.0. The van der Waals surface area contributed by atoms with Crippen molar-refractivity contribution in [3.63, 3.8) is 0 Å². The van der Waals surface area contributed by atoms with Gasteiger partial charge in [0.1, 0.15) is 0 Å². The molecule has 0 aliphatic carbocycles. The summed E-state index contributed by atoms with van der Waals surface area (Å²) < 4.78 is 7.91. The van der Waals surface area contributed by atoms with Crippen LogP contribution in [0.3, 0.4) is 0 Å². The molecule has 2 aliphatic heterocycles. The number of hydrogen-bond acceptors (Lipinski definition) is 3. The van der Waals surface area contributed by atoms with Gasteiger partial charge in [-0.15, -0.1) is 0 Å². The van der Waals surface area contributed by atoms with Crippen LogP contribution in [0.5, 0.6) is 0 Å². The van der Waals surface area contributed by atoms with Crippen molar-refractivity contribution in [1.29, 1.82) is 0 Å². The largest absolute Gasteiger partial charge is 0.376 e. The highest BCUT2D eigenvalue weighted by molar-refractivity contribution is 5.32. The lowest BCUT2D eigenvalue weighted by Gasteiger charge is -2.29. The van der Waals surface area contributed by atoms with Crippen LogP contribution in [0.4, 0.5) is 5.95 Å². The zero-order chi connectivity index (χ0) is 10.3. The summed E-state index contributed by atoms with van der Waals surface area (Å²) in [7, 11) is 0. The number of aromatic nitrogens is 2. The fraction of sp³-hybridized carbons (Fsp3) is 0.727. The highest BCUT2D eigenvalue weighted by Gasteiger charge is 2.29. The van der Waals surface area contributed by atoms with Gasteiger partial charge in [-0.2, -0.15) is 0 Å². The molecule has 2 aliphatic rings. The van der Waals surface area contributed by atoms with E-state index in [2.05, 4.69) is 21.1 Å². The number of nitrogens with one attached hydrogen (secondary N) is 1. The predicted octanol–water partition coefficient (Wildman–Crippen LogP) is 1.55. The summed E-state index contributed by atoms with van der Waals surface area (Å²) in [6.07, 6.45) is 6.05. The van der Waals surface area contributed by atoms with E-state index < -0.39 is 0 Å². The Bertz CT molecular complexity index is 355. The van der Waals surface area contributed by atoms with Crippen LogP contribution in [0.15, 0.2) is 6.20 Å². The first-order valence-corrected chi connectivity index (χ1v) is 5.75. The van der Waals surface area contributed by atoms with Gasteiger partial charge >= 0.3 is 0 Å². The molecule has 2 unspecified atom stereocenters. The van der Waals surface area contributed by atoms with Gasteiger partial charge in [0.05, 0.1) is 17.8 Å². The summed E-state index contributed by atoms with van der Waals surface area (Å²) in [5.74, 6) is 1.01. The number of anilines is 1. The van der Waals surface area contributed by atoms with Crippen molar-refractivity contribution >= 4 is 5.95 Å². The molecule has 0 amide bonds. The van der Waals surface area contributed by atoms with Crippen molar-refractivity contribution < 1.29 is 4.74 Å². The number of rotatable bonds is 1. The number of ether oxygens (including phenoxy) is 1. The minimum atomic E-state index is 0.399. The molecule has 0 spiro atoms. The minimum Gasteiger partial charge on any atom is -0.376 e. The van der Waals surface area contributed by atoms with Crippen LogP contribution in [0.1, 0.15) is 25.0 Å². The molecule has 0 radical (unpaired) electrons. The van der Waals surface area contributed by atoms with Gasteiger partial charge in [-0.1, -0.05) is 0 Å². The molecule has 3 rings (SSSR count). The Morgan fingerprint density at radius 3 is 3.27 bits per heavy atom. The first-order chi connectivity index (χ1) is 7.33. The molecule has 0 bridgehead atoms. The summed E-state index contributed by atoms with van der Waals surface area (Å²) in [6.45, 7) is 4.03. The third-order valence-corrected chi connectivity index (χ3v) is 3.31. The molecule has 1 fully saturated rings. The lowest BCUT2D eigenvalue weighted by molar-refractivity contribution is 0.0896. The average Bonchev–Trinajstić information content (AvgIpc) is 2.82. The fourth-order valence-corrected chi connectivity index (χ4v) is 2.55. The maximum Gasteiger partial charge on any atom is 0.203 e. The predicted molar refractivity (Wildman–Crippen MR) is 58.0 cm³/mol. The first kappa shape index (κ1) is 9.21. The van der Waals surface area contributed by atoms with E-state index in [1.807, 2.05) is 6.92 Å². The molecule has 82 valence electrons. The topological polar surface area (TPSA) is 39.1 Å². The number of fused-ring (bicyclic) bond motifs is 1. The molecule has 1 N–H and O–H groups in total. The van der Waals surface area contributed by atoms with Crippen LogP contribution in [-0.2, 0) is 11.3 Å². The Kier molecular flexibility index (Phi) is 2.16. The van der Waals surface area contributed by atoms with Gasteiger partial charge in [0.15, 0.2) is 0 Å². The van der Waals surface area contributed by atoms with E-state index in [1.165, 1.54) is 12.8 Å². The molecule has 4 nitrogen and oxygen atoms in total.